The summed E-state index contributed by atoms with van der Waals surface area (Å²) in [7, 11) is 0. The molecule has 0 amide bonds. The summed E-state index contributed by atoms with van der Waals surface area (Å²) in [6.45, 7) is 6.79. The average Bonchev–Trinajstić information content (AvgIpc) is 2.61. The SMILES string of the molecule is CC1(C)[C@H]2CC[C@]1(C)[C@@H](OC(=O)CCCC(=O)O)C2. The third-order valence-electron chi connectivity index (χ3n) is 5.76. The van der Waals surface area contributed by atoms with Gasteiger partial charge in [-0.25, -0.2) is 0 Å². The van der Waals surface area contributed by atoms with Gasteiger partial charge in [0.25, 0.3) is 0 Å². The second-order valence-electron chi connectivity index (χ2n) is 6.84. The predicted octanol–water partition coefficient (Wildman–Crippen LogP) is 3.00. The van der Waals surface area contributed by atoms with E-state index in [0.29, 0.717) is 12.3 Å². The van der Waals surface area contributed by atoms with E-state index in [4.69, 9.17) is 9.84 Å². The maximum Gasteiger partial charge on any atom is 0.306 e. The van der Waals surface area contributed by atoms with Crippen LogP contribution in [0.4, 0.5) is 0 Å². The third kappa shape index (κ3) is 2.37. The number of hydrogen-bond acceptors (Lipinski definition) is 3. The van der Waals surface area contributed by atoms with Crippen LogP contribution in [0.3, 0.4) is 0 Å². The topological polar surface area (TPSA) is 63.6 Å². The molecular formula is C15H24O4. The highest BCUT2D eigenvalue weighted by Gasteiger charge is 2.62. The number of carboxylic acid groups (broad SMARTS) is 1. The van der Waals surface area contributed by atoms with E-state index in [2.05, 4.69) is 20.8 Å². The van der Waals surface area contributed by atoms with Crippen LogP contribution in [0.5, 0.6) is 0 Å². The van der Waals surface area contributed by atoms with Crippen molar-refractivity contribution in [3.05, 3.63) is 0 Å². The number of carbonyl (C=O) groups excluding carboxylic acids is 1. The second-order valence-corrected chi connectivity index (χ2v) is 6.84. The Kier molecular flexibility index (Phi) is 3.63. The molecule has 2 fully saturated rings. The Hall–Kier alpha value is -1.06. The fraction of sp³-hybridized carbons (Fsp3) is 0.867. The number of carboxylic acids is 1. The predicted molar refractivity (Wildman–Crippen MR) is 70.6 cm³/mol. The zero-order valence-electron chi connectivity index (χ0n) is 12.1. The monoisotopic (exact) mass is 268 g/mol. The Bertz CT molecular complexity index is 388. The summed E-state index contributed by atoms with van der Waals surface area (Å²) in [6, 6.07) is 0. The van der Waals surface area contributed by atoms with E-state index in [9.17, 15) is 9.59 Å². The molecule has 0 unspecified atom stereocenters. The van der Waals surface area contributed by atoms with E-state index in [1.54, 1.807) is 0 Å². The lowest BCUT2D eigenvalue weighted by Crippen LogP contribution is -2.38. The van der Waals surface area contributed by atoms with Crippen LogP contribution in [0.15, 0.2) is 0 Å². The number of esters is 1. The number of hydrogen-bond donors (Lipinski definition) is 1. The van der Waals surface area contributed by atoms with E-state index in [1.165, 1.54) is 6.42 Å². The molecule has 0 saturated heterocycles. The summed E-state index contributed by atoms with van der Waals surface area (Å²) in [6.07, 6.45) is 3.95. The van der Waals surface area contributed by atoms with Crippen molar-refractivity contribution in [2.75, 3.05) is 0 Å². The number of rotatable bonds is 5. The van der Waals surface area contributed by atoms with E-state index in [1.807, 2.05) is 0 Å². The molecule has 2 aliphatic carbocycles. The van der Waals surface area contributed by atoms with Gasteiger partial charge in [0.2, 0.25) is 0 Å². The first-order valence-electron chi connectivity index (χ1n) is 7.18. The maximum absolute atomic E-state index is 11.8. The van der Waals surface area contributed by atoms with Gasteiger partial charge in [-0.05, 0) is 37.0 Å². The quantitative estimate of drug-likeness (QED) is 0.778. The molecule has 1 N–H and O–H groups in total. The molecule has 4 nitrogen and oxygen atoms in total. The van der Waals surface area contributed by atoms with Gasteiger partial charge < -0.3 is 9.84 Å². The highest BCUT2D eigenvalue weighted by Crippen LogP contribution is 2.66. The normalized spacial score (nSPS) is 35.3. The van der Waals surface area contributed by atoms with Crippen LogP contribution in [0.1, 0.15) is 59.3 Å². The van der Waals surface area contributed by atoms with Gasteiger partial charge >= 0.3 is 11.9 Å². The maximum atomic E-state index is 11.8. The lowest BCUT2D eigenvalue weighted by atomic mass is 9.70. The van der Waals surface area contributed by atoms with Crippen LogP contribution >= 0.6 is 0 Å². The van der Waals surface area contributed by atoms with Gasteiger partial charge in [0, 0.05) is 18.3 Å². The molecule has 2 aliphatic rings. The molecule has 2 rings (SSSR count). The molecule has 2 bridgehead atoms. The lowest BCUT2D eigenvalue weighted by Gasteiger charge is -2.38. The van der Waals surface area contributed by atoms with Gasteiger partial charge in [0.05, 0.1) is 0 Å². The van der Waals surface area contributed by atoms with Crippen molar-refractivity contribution in [2.45, 2.75) is 65.4 Å². The van der Waals surface area contributed by atoms with Gasteiger partial charge in [-0.2, -0.15) is 0 Å². The van der Waals surface area contributed by atoms with Gasteiger partial charge in [0.1, 0.15) is 6.10 Å². The zero-order chi connectivity index (χ0) is 14.3. The molecule has 108 valence electrons. The van der Waals surface area contributed by atoms with Crippen LogP contribution in [-0.4, -0.2) is 23.1 Å². The summed E-state index contributed by atoms with van der Waals surface area (Å²) in [5.74, 6) is -0.453. The highest BCUT2D eigenvalue weighted by atomic mass is 16.5. The van der Waals surface area contributed by atoms with Crippen molar-refractivity contribution in [1.82, 2.24) is 0 Å². The molecule has 0 radical (unpaired) electrons. The van der Waals surface area contributed by atoms with Gasteiger partial charge in [-0.3, -0.25) is 9.59 Å². The largest absolute Gasteiger partial charge is 0.481 e. The molecule has 0 aromatic heterocycles. The van der Waals surface area contributed by atoms with Gasteiger partial charge in [-0.15, -0.1) is 0 Å². The Morgan fingerprint density at radius 3 is 2.42 bits per heavy atom. The van der Waals surface area contributed by atoms with E-state index < -0.39 is 5.97 Å². The number of carbonyl (C=O) groups is 2. The molecule has 2 saturated carbocycles. The molecule has 19 heavy (non-hydrogen) atoms. The summed E-state index contributed by atoms with van der Waals surface area (Å²) < 4.78 is 5.63. The molecule has 0 spiro atoms. The van der Waals surface area contributed by atoms with Crippen LogP contribution in [-0.2, 0) is 14.3 Å². The summed E-state index contributed by atoms with van der Waals surface area (Å²) in [4.78, 5) is 22.2. The lowest BCUT2D eigenvalue weighted by molar-refractivity contribution is -0.157. The standard InChI is InChI=1S/C15H24O4/c1-14(2)10-7-8-15(14,3)11(9-10)19-13(18)6-4-5-12(16)17/h10-11H,4-9H2,1-3H3,(H,16,17)/t10-,11-,15+/m0/s1. The molecule has 0 aliphatic heterocycles. The molecule has 0 aromatic carbocycles. The summed E-state index contributed by atoms with van der Waals surface area (Å²) in [5.41, 5.74) is 0.319. The summed E-state index contributed by atoms with van der Waals surface area (Å²) in [5, 5.41) is 8.55. The average molecular weight is 268 g/mol. The number of aliphatic carboxylic acids is 1. The van der Waals surface area contributed by atoms with Crippen LogP contribution in [0, 0.1) is 16.7 Å². The number of ether oxygens (including phenoxy) is 1. The summed E-state index contributed by atoms with van der Waals surface area (Å²) >= 11 is 0. The first kappa shape index (κ1) is 14.4. The third-order valence-corrected chi connectivity index (χ3v) is 5.76. The van der Waals surface area contributed by atoms with Crippen molar-refractivity contribution >= 4 is 11.9 Å². The minimum Gasteiger partial charge on any atom is -0.481 e. The van der Waals surface area contributed by atoms with Gasteiger partial charge in [0.15, 0.2) is 0 Å². The van der Waals surface area contributed by atoms with E-state index >= 15 is 0 Å². The Labute approximate surface area is 114 Å². The van der Waals surface area contributed by atoms with Crippen LogP contribution < -0.4 is 0 Å². The molecule has 0 aromatic rings. The second kappa shape index (κ2) is 4.80. The fourth-order valence-electron chi connectivity index (χ4n) is 3.91. The molecule has 3 atom stereocenters. The molecule has 0 heterocycles. The smallest absolute Gasteiger partial charge is 0.306 e. The Balaban J connectivity index is 1.88. The van der Waals surface area contributed by atoms with Crippen LogP contribution in [0.25, 0.3) is 0 Å². The fourth-order valence-corrected chi connectivity index (χ4v) is 3.91. The molecular weight excluding hydrogens is 244 g/mol. The first-order valence-corrected chi connectivity index (χ1v) is 7.18. The van der Waals surface area contributed by atoms with E-state index in [-0.39, 0.29) is 35.7 Å². The van der Waals surface area contributed by atoms with Gasteiger partial charge in [-0.1, -0.05) is 20.8 Å². The van der Waals surface area contributed by atoms with Crippen LogP contribution in [0.2, 0.25) is 0 Å². The van der Waals surface area contributed by atoms with E-state index in [0.717, 1.165) is 12.8 Å². The van der Waals surface area contributed by atoms with Crippen molar-refractivity contribution in [1.29, 1.82) is 0 Å². The Morgan fingerprint density at radius 1 is 1.26 bits per heavy atom. The number of fused-ring (bicyclic) bond motifs is 2. The Morgan fingerprint density at radius 2 is 1.95 bits per heavy atom. The first-order chi connectivity index (χ1) is 8.77. The minimum atomic E-state index is -0.860. The van der Waals surface area contributed by atoms with Crippen molar-refractivity contribution < 1.29 is 19.4 Å². The minimum absolute atomic E-state index is 0.0126. The van der Waals surface area contributed by atoms with Crippen molar-refractivity contribution in [3.63, 3.8) is 0 Å². The van der Waals surface area contributed by atoms with Crippen molar-refractivity contribution in [3.8, 4) is 0 Å². The highest BCUT2D eigenvalue weighted by molar-refractivity contribution is 5.71. The van der Waals surface area contributed by atoms with Crippen molar-refractivity contribution in [2.24, 2.45) is 16.7 Å². The zero-order valence-corrected chi connectivity index (χ0v) is 12.1. The molecule has 4 heteroatoms.